The second kappa shape index (κ2) is 4.72. The predicted molar refractivity (Wildman–Crippen MR) is 56.8 cm³/mol. The van der Waals surface area contributed by atoms with Crippen molar-refractivity contribution in [2.24, 2.45) is 0 Å². The lowest BCUT2D eigenvalue weighted by atomic mass is 10.0. The average Bonchev–Trinajstić information content (AvgIpc) is 2.15. The molecule has 0 aliphatic heterocycles. The molecule has 0 bridgehead atoms. The minimum Gasteiger partial charge on any atom is -0.389 e. The number of aliphatic hydroxyl groups excluding tert-OH is 1. The first-order valence-corrected chi connectivity index (χ1v) is 4.57. The van der Waals surface area contributed by atoms with Gasteiger partial charge in [0.15, 0.2) is 5.78 Å². The van der Waals surface area contributed by atoms with Crippen LogP contribution in [-0.4, -0.2) is 17.0 Å². The largest absolute Gasteiger partial charge is 0.389 e. The van der Waals surface area contributed by atoms with Crippen LogP contribution in [-0.2, 0) is 4.79 Å². The summed E-state index contributed by atoms with van der Waals surface area (Å²) in [6, 6.07) is 9.49. The van der Waals surface area contributed by atoms with Crippen LogP contribution in [0.3, 0.4) is 0 Å². The van der Waals surface area contributed by atoms with Crippen LogP contribution in [0.4, 0.5) is 0 Å². The zero-order valence-corrected chi connectivity index (χ0v) is 8.40. The van der Waals surface area contributed by atoms with Gasteiger partial charge < -0.3 is 5.11 Å². The van der Waals surface area contributed by atoms with Gasteiger partial charge in [-0.2, -0.15) is 0 Å². The molecule has 1 aromatic rings. The van der Waals surface area contributed by atoms with E-state index in [9.17, 15) is 9.90 Å². The number of Topliss-reactive ketones (excluding diaryl/α,β-unsaturated/α-hetero) is 1. The van der Waals surface area contributed by atoms with Crippen molar-refractivity contribution in [1.82, 2.24) is 0 Å². The molecular formula is C12H14O2. The van der Waals surface area contributed by atoms with Crippen LogP contribution >= 0.6 is 0 Å². The van der Waals surface area contributed by atoms with Crippen LogP contribution in [0.25, 0.3) is 6.08 Å². The van der Waals surface area contributed by atoms with Gasteiger partial charge in [-0.3, -0.25) is 4.79 Å². The molecule has 1 N–H and O–H groups in total. The van der Waals surface area contributed by atoms with Crippen molar-refractivity contribution in [1.29, 1.82) is 0 Å². The number of aliphatic hydroxyl groups is 1. The molecule has 1 atom stereocenters. The van der Waals surface area contributed by atoms with Crippen molar-refractivity contribution in [3.63, 3.8) is 0 Å². The van der Waals surface area contributed by atoms with Crippen molar-refractivity contribution >= 4 is 11.9 Å². The molecule has 1 unspecified atom stereocenters. The molecule has 2 heteroatoms. The first-order chi connectivity index (χ1) is 6.61. The molecule has 14 heavy (non-hydrogen) atoms. The first kappa shape index (κ1) is 10.7. The molecule has 0 saturated carbocycles. The molecule has 0 spiro atoms. The summed E-state index contributed by atoms with van der Waals surface area (Å²) in [6.45, 7) is 3.05. The summed E-state index contributed by atoms with van der Waals surface area (Å²) in [5.74, 6) is -0.0937. The van der Waals surface area contributed by atoms with Crippen molar-refractivity contribution in [3.05, 3.63) is 41.5 Å². The normalized spacial score (nSPS) is 13.8. The lowest BCUT2D eigenvalue weighted by molar-refractivity contribution is -0.114. The molecule has 0 fully saturated rings. The number of benzene rings is 1. The summed E-state index contributed by atoms with van der Waals surface area (Å²) in [6.07, 6.45) is 1.00. The molecule has 0 saturated heterocycles. The molecule has 0 aliphatic carbocycles. The zero-order valence-electron chi connectivity index (χ0n) is 8.40. The highest BCUT2D eigenvalue weighted by atomic mass is 16.3. The van der Waals surface area contributed by atoms with E-state index in [0.29, 0.717) is 5.57 Å². The third kappa shape index (κ3) is 2.82. The monoisotopic (exact) mass is 190 g/mol. The Morgan fingerprint density at radius 3 is 2.36 bits per heavy atom. The lowest BCUT2D eigenvalue weighted by Gasteiger charge is -2.06. The topological polar surface area (TPSA) is 37.3 Å². The van der Waals surface area contributed by atoms with E-state index in [1.165, 1.54) is 6.92 Å². The molecule has 0 amide bonds. The van der Waals surface area contributed by atoms with E-state index in [0.717, 1.165) is 5.56 Å². The number of hydrogen-bond donors (Lipinski definition) is 1. The van der Waals surface area contributed by atoms with E-state index < -0.39 is 6.10 Å². The van der Waals surface area contributed by atoms with Crippen LogP contribution in [0.1, 0.15) is 19.4 Å². The molecule has 0 heterocycles. The summed E-state index contributed by atoms with van der Waals surface area (Å²) in [4.78, 5) is 11.2. The Morgan fingerprint density at radius 2 is 1.93 bits per heavy atom. The van der Waals surface area contributed by atoms with Crippen molar-refractivity contribution in [2.45, 2.75) is 20.0 Å². The maximum atomic E-state index is 11.2. The summed E-state index contributed by atoms with van der Waals surface area (Å²) in [7, 11) is 0. The van der Waals surface area contributed by atoms with Gasteiger partial charge in [-0.15, -0.1) is 0 Å². The highest BCUT2D eigenvalue weighted by molar-refractivity contribution is 5.98. The Hall–Kier alpha value is -1.41. The van der Waals surface area contributed by atoms with Gasteiger partial charge in [0.05, 0.1) is 6.10 Å². The maximum Gasteiger partial charge on any atom is 0.158 e. The predicted octanol–water partition coefficient (Wildman–Crippen LogP) is 2.04. The molecule has 0 aliphatic rings. The molecule has 74 valence electrons. The minimum absolute atomic E-state index is 0.0937. The fraction of sp³-hybridized carbons (Fsp3) is 0.250. The summed E-state index contributed by atoms with van der Waals surface area (Å²) >= 11 is 0. The SMILES string of the molecule is CC(=O)/C(=C\c1ccccc1)C(C)O. The number of carbonyl (C=O) groups is 1. The van der Waals surface area contributed by atoms with Crippen molar-refractivity contribution in [2.75, 3.05) is 0 Å². The average molecular weight is 190 g/mol. The van der Waals surface area contributed by atoms with Gasteiger partial charge in [0.1, 0.15) is 0 Å². The van der Waals surface area contributed by atoms with Gasteiger partial charge in [-0.05, 0) is 25.5 Å². The van der Waals surface area contributed by atoms with Crippen LogP contribution < -0.4 is 0 Å². The van der Waals surface area contributed by atoms with E-state index in [4.69, 9.17) is 0 Å². The summed E-state index contributed by atoms with van der Waals surface area (Å²) < 4.78 is 0. The number of rotatable bonds is 3. The molecule has 1 aromatic carbocycles. The molecule has 2 nitrogen and oxygen atoms in total. The standard InChI is InChI=1S/C12H14O2/c1-9(13)12(10(2)14)8-11-6-4-3-5-7-11/h3-9,13H,1-2H3/b12-8-. The number of ketones is 1. The van der Waals surface area contributed by atoms with Crippen LogP contribution in [0.2, 0.25) is 0 Å². The van der Waals surface area contributed by atoms with Gasteiger partial charge >= 0.3 is 0 Å². The maximum absolute atomic E-state index is 11.2. The third-order valence-electron chi connectivity index (χ3n) is 1.98. The Balaban J connectivity index is 3.00. The second-order valence-corrected chi connectivity index (χ2v) is 3.24. The Kier molecular flexibility index (Phi) is 3.60. The lowest BCUT2D eigenvalue weighted by Crippen LogP contribution is -2.11. The fourth-order valence-corrected chi connectivity index (χ4v) is 1.25. The highest BCUT2D eigenvalue weighted by Gasteiger charge is 2.09. The highest BCUT2D eigenvalue weighted by Crippen LogP contribution is 2.10. The summed E-state index contributed by atoms with van der Waals surface area (Å²) in [5.41, 5.74) is 1.37. The number of hydrogen-bond acceptors (Lipinski definition) is 2. The van der Waals surface area contributed by atoms with Crippen LogP contribution in [0.15, 0.2) is 35.9 Å². The minimum atomic E-state index is -0.715. The van der Waals surface area contributed by atoms with Gasteiger partial charge in [-0.1, -0.05) is 30.3 Å². The number of carbonyl (C=O) groups excluding carboxylic acids is 1. The summed E-state index contributed by atoms with van der Waals surface area (Å²) in [5, 5.41) is 9.35. The van der Waals surface area contributed by atoms with Crippen molar-refractivity contribution in [3.8, 4) is 0 Å². The Bertz CT molecular complexity index is 337. The third-order valence-corrected chi connectivity index (χ3v) is 1.98. The molecule has 1 rings (SSSR count). The van der Waals surface area contributed by atoms with Gasteiger partial charge in [0.2, 0.25) is 0 Å². The second-order valence-electron chi connectivity index (χ2n) is 3.24. The first-order valence-electron chi connectivity index (χ1n) is 4.57. The fourth-order valence-electron chi connectivity index (χ4n) is 1.25. The van der Waals surface area contributed by atoms with E-state index >= 15 is 0 Å². The van der Waals surface area contributed by atoms with E-state index in [-0.39, 0.29) is 5.78 Å². The Labute approximate surface area is 83.9 Å². The van der Waals surface area contributed by atoms with Gasteiger partial charge in [0.25, 0.3) is 0 Å². The van der Waals surface area contributed by atoms with Gasteiger partial charge in [0, 0.05) is 5.57 Å². The van der Waals surface area contributed by atoms with E-state index in [2.05, 4.69) is 0 Å². The van der Waals surface area contributed by atoms with E-state index in [1.54, 1.807) is 13.0 Å². The van der Waals surface area contributed by atoms with Crippen LogP contribution in [0, 0.1) is 0 Å². The Morgan fingerprint density at radius 1 is 1.36 bits per heavy atom. The quantitative estimate of drug-likeness (QED) is 0.740. The smallest absolute Gasteiger partial charge is 0.158 e. The molecular weight excluding hydrogens is 176 g/mol. The van der Waals surface area contributed by atoms with Crippen LogP contribution in [0.5, 0.6) is 0 Å². The van der Waals surface area contributed by atoms with E-state index in [1.807, 2.05) is 30.3 Å². The van der Waals surface area contributed by atoms with Gasteiger partial charge in [-0.25, -0.2) is 0 Å². The zero-order chi connectivity index (χ0) is 10.6. The van der Waals surface area contributed by atoms with Crippen molar-refractivity contribution < 1.29 is 9.90 Å². The molecule has 0 radical (unpaired) electrons. The molecule has 0 aromatic heterocycles.